The molecule has 0 spiro atoms. The number of piperidine rings is 1. The number of carbonyl (C=O) groups is 1. The highest BCUT2D eigenvalue weighted by Gasteiger charge is 2.33. The van der Waals surface area contributed by atoms with E-state index < -0.39 is 5.60 Å². The van der Waals surface area contributed by atoms with E-state index in [1.807, 2.05) is 24.3 Å². The topological polar surface area (TPSA) is 78.6 Å². The summed E-state index contributed by atoms with van der Waals surface area (Å²) in [5, 5.41) is 11.4. The summed E-state index contributed by atoms with van der Waals surface area (Å²) in [6.07, 6.45) is 2.60. The van der Waals surface area contributed by atoms with Crippen molar-refractivity contribution in [3.05, 3.63) is 34.9 Å². The van der Waals surface area contributed by atoms with Crippen LogP contribution in [0, 0.1) is 0 Å². The van der Waals surface area contributed by atoms with E-state index in [4.69, 9.17) is 17.4 Å². The minimum absolute atomic E-state index is 0.135. The van der Waals surface area contributed by atoms with Crippen molar-refractivity contribution in [2.24, 2.45) is 5.84 Å². The summed E-state index contributed by atoms with van der Waals surface area (Å²) < 4.78 is 0. The number of likely N-dealkylation sites (tertiary alicyclic amines) is 1. The molecule has 2 rings (SSSR count). The molecule has 116 valence electrons. The number of rotatable bonds is 5. The van der Waals surface area contributed by atoms with E-state index in [1.165, 1.54) is 0 Å². The van der Waals surface area contributed by atoms with Gasteiger partial charge in [-0.25, -0.2) is 5.84 Å². The number of aliphatic hydroxyl groups is 1. The Morgan fingerprint density at radius 2 is 1.95 bits per heavy atom. The van der Waals surface area contributed by atoms with Crippen molar-refractivity contribution >= 4 is 17.5 Å². The molecule has 1 aromatic rings. The van der Waals surface area contributed by atoms with Gasteiger partial charge in [-0.05, 0) is 43.5 Å². The van der Waals surface area contributed by atoms with E-state index in [9.17, 15) is 9.90 Å². The first-order valence-electron chi connectivity index (χ1n) is 7.24. The van der Waals surface area contributed by atoms with E-state index in [2.05, 4.69) is 10.3 Å². The number of halogens is 1. The highest BCUT2D eigenvalue weighted by atomic mass is 35.5. The standard InChI is InChI=1S/C15H22ClN3O2/c16-13-5-3-12(4-6-13)15(21)7-10-19(11-8-15)9-1-2-14(20)18-17/h3-6,21H,1-2,7-11,17H2,(H,18,20). The maximum Gasteiger partial charge on any atom is 0.233 e. The zero-order valence-electron chi connectivity index (χ0n) is 12.0. The maximum atomic E-state index is 11.1. The van der Waals surface area contributed by atoms with Crippen molar-refractivity contribution in [3.63, 3.8) is 0 Å². The molecule has 4 N–H and O–H groups in total. The normalized spacial score (nSPS) is 18.4. The van der Waals surface area contributed by atoms with Gasteiger partial charge in [0.05, 0.1) is 5.60 Å². The third-order valence-corrected chi connectivity index (χ3v) is 4.36. The molecule has 1 aliphatic rings. The van der Waals surface area contributed by atoms with Crippen LogP contribution in [0.5, 0.6) is 0 Å². The van der Waals surface area contributed by atoms with E-state index in [1.54, 1.807) is 0 Å². The molecular weight excluding hydrogens is 290 g/mol. The molecule has 1 saturated heterocycles. The van der Waals surface area contributed by atoms with Crippen molar-refractivity contribution in [2.75, 3.05) is 19.6 Å². The molecule has 0 bridgehead atoms. The molecule has 1 aromatic carbocycles. The lowest BCUT2D eigenvalue weighted by molar-refractivity contribution is -0.121. The summed E-state index contributed by atoms with van der Waals surface area (Å²) in [6.45, 7) is 2.50. The van der Waals surface area contributed by atoms with Gasteiger partial charge in [-0.1, -0.05) is 23.7 Å². The summed E-state index contributed by atoms with van der Waals surface area (Å²) >= 11 is 5.88. The number of nitrogens with one attached hydrogen (secondary N) is 1. The van der Waals surface area contributed by atoms with Crippen molar-refractivity contribution in [1.29, 1.82) is 0 Å². The minimum Gasteiger partial charge on any atom is -0.385 e. The predicted molar refractivity (Wildman–Crippen MR) is 82.6 cm³/mol. The first kappa shape index (κ1) is 16.2. The third-order valence-electron chi connectivity index (χ3n) is 4.10. The Morgan fingerprint density at radius 1 is 1.33 bits per heavy atom. The van der Waals surface area contributed by atoms with Gasteiger partial charge >= 0.3 is 0 Å². The van der Waals surface area contributed by atoms with E-state index in [0.29, 0.717) is 24.3 Å². The van der Waals surface area contributed by atoms with Crippen LogP contribution in [0.15, 0.2) is 24.3 Å². The molecule has 1 fully saturated rings. The Kier molecular flexibility index (Phi) is 5.58. The second-order valence-corrected chi connectivity index (χ2v) is 5.99. The lowest BCUT2D eigenvalue weighted by Gasteiger charge is -2.38. The van der Waals surface area contributed by atoms with Crippen LogP contribution in [0.1, 0.15) is 31.2 Å². The molecule has 21 heavy (non-hydrogen) atoms. The summed E-state index contributed by atoms with van der Waals surface area (Å²) in [5.74, 6) is 4.91. The van der Waals surface area contributed by atoms with Crippen molar-refractivity contribution < 1.29 is 9.90 Å². The number of hydrazine groups is 1. The molecule has 0 atom stereocenters. The van der Waals surface area contributed by atoms with Crippen molar-refractivity contribution in [1.82, 2.24) is 10.3 Å². The van der Waals surface area contributed by atoms with Gasteiger partial charge < -0.3 is 10.0 Å². The summed E-state index contributed by atoms with van der Waals surface area (Å²) in [7, 11) is 0. The predicted octanol–water partition coefficient (Wildman–Crippen LogP) is 1.39. The Bertz CT molecular complexity index is 470. The molecule has 0 unspecified atom stereocenters. The van der Waals surface area contributed by atoms with E-state index >= 15 is 0 Å². The average molecular weight is 312 g/mol. The molecular formula is C15H22ClN3O2. The third kappa shape index (κ3) is 4.41. The number of carbonyl (C=O) groups excluding carboxylic acids is 1. The van der Waals surface area contributed by atoms with Gasteiger partial charge in [0.1, 0.15) is 0 Å². The molecule has 1 heterocycles. The lowest BCUT2D eigenvalue weighted by Crippen LogP contribution is -2.43. The van der Waals surface area contributed by atoms with Crippen LogP contribution < -0.4 is 11.3 Å². The summed E-state index contributed by atoms with van der Waals surface area (Å²) in [4.78, 5) is 13.3. The molecule has 0 radical (unpaired) electrons. The minimum atomic E-state index is -0.768. The van der Waals surface area contributed by atoms with Gasteiger partial charge in [0, 0.05) is 24.5 Å². The second kappa shape index (κ2) is 7.22. The van der Waals surface area contributed by atoms with Crippen molar-refractivity contribution in [2.45, 2.75) is 31.3 Å². The molecule has 6 heteroatoms. The molecule has 0 saturated carbocycles. The molecule has 0 aromatic heterocycles. The fraction of sp³-hybridized carbons (Fsp3) is 0.533. The van der Waals surface area contributed by atoms with Crippen LogP contribution in [0.2, 0.25) is 5.02 Å². The summed E-state index contributed by atoms with van der Waals surface area (Å²) in [5.41, 5.74) is 2.29. The monoisotopic (exact) mass is 311 g/mol. The van der Waals surface area contributed by atoms with Gasteiger partial charge in [-0.3, -0.25) is 10.2 Å². The molecule has 1 aliphatic heterocycles. The van der Waals surface area contributed by atoms with Crippen LogP contribution in [0.25, 0.3) is 0 Å². The number of benzene rings is 1. The second-order valence-electron chi connectivity index (χ2n) is 5.55. The van der Waals surface area contributed by atoms with Crippen LogP contribution >= 0.6 is 11.6 Å². The SMILES string of the molecule is NNC(=O)CCCN1CCC(O)(c2ccc(Cl)cc2)CC1. The Balaban J connectivity index is 1.82. The Labute approximate surface area is 130 Å². The van der Waals surface area contributed by atoms with Gasteiger partial charge in [-0.15, -0.1) is 0 Å². The van der Waals surface area contributed by atoms with Crippen LogP contribution in [0.4, 0.5) is 0 Å². The number of amides is 1. The van der Waals surface area contributed by atoms with E-state index in [-0.39, 0.29) is 5.91 Å². The first-order valence-corrected chi connectivity index (χ1v) is 7.61. The highest BCUT2D eigenvalue weighted by Crippen LogP contribution is 2.33. The van der Waals surface area contributed by atoms with Crippen LogP contribution in [0.3, 0.4) is 0 Å². The van der Waals surface area contributed by atoms with Gasteiger partial charge in [-0.2, -0.15) is 0 Å². The van der Waals surface area contributed by atoms with Gasteiger partial charge in [0.2, 0.25) is 5.91 Å². The van der Waals surface area contributed by atoms with Crippen molar-refractivity contribution in [3.8, 4) is 0 Å². The fourth-order valence-corrected chi connectivity index (χ4v) is 2.86. The number of nitrogens with zero attached hydrogens (tertiary/aromatic N) is 1. The van der Waals surface area contributed by atoms with Crippen LogP contribution in [-0.2, 0) is 10.4 Å². The lowest BCUT2D eigenvalue weighted by atomic mass is 9.84. The number of nitrogens with two attached hydrogens (primary N) is 1. The summed E-state index contributed by atoms with van der Waals surface area (Å²) in [6, 6.07) is 7.41. The number of hydrogen-bond acceptors (Lipinski definition) is 4. The van der Waals surface area contributed by atoms with Gasteiger partial charge in [0.25, 0.3) is 0 Å². The zero-order chi connectivity index (χ0) is 15.3. The smallest absolute Gasteiger partial charge is 0.233 e. The first-order chi connectivity index (χ1) is 10.0. The maximum absolute atomic E-state index is 11.1. The fourth-order valence-electron chi connectivity index (χ4n) is 2.73. The molecule has 1 amide bonds. The Hall–Kier alpha value is -1.14. The molecule has 0 aliphatic carbocycles. The highest BCUT2D eigenvalue weighted by molar-refractivity contribution is 6.30. The number of hydrogen-bond donors (Lipinski definition) is 3. The van der Waals surface area contributed by atoms with Crippen LogP contribution in [-0.4, -0.2) is 35.5 Å². The Morgan fingerprint density at radius 3 is 2.52 bits per heavy atom. The quantitative estimate of drug-likeness (QED) is 0.436. The largest absolute Gasteiger partial charge is 0.385 e. The van der Waals surface area contributed by atoms with Gasteiger partial charge in [0.15, 0.2) is 0 Å². The zero-order valence-corrected chi connectivity index (χ0v) is 12.8. The van der Waals surface area contributed by atoms with E-state index in [0.717, 1.165) is 31.6 Å². The molecule has 5 nitrogen and oxygen atoms in total. The average Bonchev–Trinajstić information content (AvgIpc) is 2.50.